The minimum Gasteiger partial charge on any atom is -0.381 e. The predicted molar refractivity (Wildman–Crippen MR) is 103 cm³/mol. The van der Waals surface area contributed by atoms with Crippen LogP contribution in [-0.4, -0.2) is 43.2 Å². The highest BCUT2D eigenvalue weighted by molar-refractivity contribution is 7.09. The van der Waals surface area contributed by atoms with Gasteiger partial charge in [0.2, 0.25) is 5.91 Å². The van der Waals surface area contributed by atoms with Crippen LogP contribution >= 0.6 is 23.7 Å². The average Bonchev–Trinajstić information content (AvgIpc) is 3.22. The maximum atomic E-state index is 12.9. The summed E-state index contributed by atoms with van der Waals surface area (Å²) in [6.07, 6.45) is 3.58. The molecule has 0 unspecified atom stereocenters. The molecule has 7 heteroatoms. The Kier molecular flexibility index (Phi) is 6.24. The minimum atomic E-state index is -0.895. The molecule has 3 heterocycles. The molecule has 0 spiro atoms. The maximum absolute atomic E-state index is 12.9. The number of halogens is 1. The summed E-state index contributed by atoms with van der Waals surface area (Å²) < 4.78 is 5.35. The van der Waals surface area contributed by atoms with Crippen LogP contribution in [0, 0.1) is 28.6 Å². The molecule has 1 aromatic heterocycles. The summed E-state index contributed by atoms with van der Waals surface area (Å²) >= 11 is 1.79. The molecule has 0 radical (unpaired) electrons. The highest BCUT2D eigenvalue weighted by atomic mass is 35.5. The Morgan fingerprint density at radius 3 is 2.77 bits per heavy atom. The molecule has 1 amide bonds. The predicted octanol–water partition coefficient (Wildman–Crippen LogP) is 2.82. The van der Waals surface area contributed by atoms with Gasteiger partial charge in [0.05, 0.1) is 6.07 Å². The highest BCUT2D eigenvalue weighted by Crippen LogP contribution is 2.42. The number of hydrogen-bond donors (Lipinski definition) is 1. The van der Waals surface area contributed by atoms with Gasteiger partial charge in [0.25, 0.3) is 0 Å². The van der Waals surface area contributed by atoms with E-state index in [1.807, 2.05) is 0 Å². The number of carbonyl (C=O) groups excluding carboxylic acids is 1. The number of likely N-dealkylation sites (tertiary alicyclic amines) is 1. The zero-order chi connectivity index (χ0) is 17.3. The first-order chi connectivity index (χ1) is 12.2. The molecule has 1 N–H and O–H groups in total. The second-order valence-electron chi connectivity index (χ2n) is 7.66. The van der Waals surface area contributed by atoms with E-state index in [0.29, 0.717) is 32.0 Å². The van der Waals surface area contributed by atoms with E-state index in [4.69, 9.17) is 4.74 Å². The van der Waals surface area contributed by atoms with Crippen molar-refractivity contribution in [3.05, 3.63) is 22.4 Å². The van der Waals surface area contributed by atoms with E-state index in [0.717, 1.165) is 25.6 Å². The van der Waals surface area contributed by atoms with Crippen molar-refractivity contribution in [1.29, 1.82) is 5.26 Å². The van der Waals surface area contributed by atoms with E-state index < -0.39 is 5.41 Å². The molecule has 1 aliphatic carbocycles. The van der Waals surface area contributed by atoms with Crippen LogP contribution in [-0.2, 0) is 16.1 Å². The van der Waals surface area contributed by atoms with Crippen LogP contribution in [0.2, 0.25) is 0 Å². The topological polar surface area (TPSA) is 65.4 Å². The van der Waals surface area contributed by atoms with Gasteiger partial charge >= 0.3 is 0 Å². The number of nitrogens with zero attached hydrogens (tertiary/aromatic N) is 2. The molecular formula is C19H26ClN3O2S. The normalized spacial score (nSPS) is 28.1. The summed E-state index contributed by atoms with van der Waals surface area (Å²) in [6, 6.07) is 6.74. The van der Waals surface area contributed by atoms with Crippen LogP contribution in [0.4, 0.5) is 0 Å². The Bertz CT molecular complexity index is 650. The number of nitriles is 1. The van der Waals surface area contributed by atoms with Crippen LogP contribution in [0.15, 0.2) is 17.5 Å². The third-order valence-corrected chi connectivity index (χ3v) is 6.80. The Labute approximate surface area is 165 Å². The largest absolute Gasteiger partial charge is 0.381 e. The summed E-state index contributed by atoms with van der Waals surface area (Å²) in [4.78, 5) is 16.7. The first-order valence-electron chi connectivity index (χ1n) is 9.25. The first-order valence-corrected chi connectivity index (χ1v) is 10.1. The van der Waals surface area contributed by atoms with Crippen LogP contribution in [0.25, 0.3) is 0 Å². The van der Waals surface area contributed by atoms with Gasteiger partial charge in [-0.2, -0.15) is 5.26 Å². The van der Waals surface area contributed by atoms with E-state index in [9.17, 15) is 10.1 Å². The van der Waals surface area contributed by atoms with Gasteiger partial charge in [0.15, 0.2) is 0 Å². The average molecular weight is 396 g/mol. The summed E-state index contributed by atoms with van der Waals surface area (Å²) in [5.41, 5.74) is -0.895. The summed E-state index contributed by atoms with van der Waals surface area (Å²) in [6.45, 7) is 3.91. The van der Waals surface area contributed by atoms with E-state index >= 15 is 0 Å². The van der Waals surface area contributed by atoms with Crippen LogP contribution in [0.3, 0.4) is 0 Å². The van der Waals surface area contributed by atoms with Gasteiger partial charge in [0.1, 0.15) is 5.41 Å². The van der Waals surface area contributed by atoms with E-state index in [1.165, 1.54) is 17.7 Å². The second-order valence-corrected chi connectivity index (χ2v) is 8.69. The smallest absolute Gasteiger partial charge is 0.240 e. The molecule has 1 saturated carbocycles. The lowest BCUT2D eigenvalue weighted by molar-refractivity contribution is -0.133. The van der Waals surface area contributed by atoms with E-state index in [2.05, 4.69) is 33.8 Å². The molecule has 142 valence electrons. The van der Waals surface area contributed by atoms with Crippen molar-refractivity contribution in [3.63, 3.8) is 0 Å². The molecule has 3 aliphatic rings. The fourth-order valence-corrected chi connectivity index (χ4v) is 4.98. The Morgan fingerprint density at radius 1 is 1.38 bits per heavy atom. The van der Waals surface area contributed by atoms with Gasteiger partial charge in [-0.25, -0.2) is 0 Å². The molecule has 0 aromatic carbocycles. The molecule has 26 heavy (non-hydrogen) atoms. The lowest BCUT2D eigenvalue weighted by atomic mass is 9.80. The van der Waals surface area contributed by atoms with Gasteiger partial charge in [-0.05, 0) is 49.0 Å². The monoisotopic (exact) mass is 395 g/mol. The van der Waals surface area contributed by atoms with Gasteiger partial charge in [-0.3, -0.25) is 9.69 Å². The molecule has 2 atom stereocenters. The number of rotatable bonds is 5. The van der Waals surface area contributed by atoms with Gasteiger partial charge in [-0.15, -0.1) is 23.7 Å². The SMILES string of the molecule is Cl.N#CC1(C(=O)N[C@H]2CN(Cc3cccs3)C[C@@H]2C2CC2)CCOCC1. The van der Waals surface area contributed by atoms with Crippen molar-refractivity contribution in [2.24, 2.45) is 17.3 Å². The van der Waals surface area contributed by atoms with Gasteiger partial charge < -0.3 is 10.1 Å². The highest BCUT2D eigenvalue weighted by Gasteiger charge is 2.46. The maximum Gasteiger partial charge on any atom is 0.240 e. The molecule has 2 saturated heterocycles. The van der Waals surface area contributed by atoms with E-state index in [-0.39, 0.29) is 24.4 Å². The lowest BCUT2D eigenvalue weighted by Crippen LogP contribution is -2.50. The quantitative estimate of drug-likeness (QED) is 0.832. The van der Waals surface area contributed by atoms with Crippen molar-refractivity contribution in [2.45, 2.75) is 38.3 Å². The minimum absolute atomic E-state index is 0. The number of nitrogens with one attached hydrogen (secondary N) is 1. The molecular weight excluding hydrogens is 370 g/mol. The van der Waals surface area contributed by atoms with Crippen LogP contribution < -0.4 is 5.32 Å². The zero-order valence-corrected chi connectivity index (χ0v) is 16.5. The molecule has 0 bridgehead atoms. The third-order valence-electron chi connectivity index (χ3n) is 5.94. The Balaban J connectivity index is 0.00000196. The molecule has 2 aliphatic heterocycles. The molecule has 5 nitrogen and oxygen atoms in total. The fourth-order valence-electron chi connectivity index (χ4n) is 4.24. The first kappa shape index (κ1) is 19.6. The molecule has 3 fully saturated rings. The van der Waals surface area contributed by atoms with Crippen molar-refractivity contribution < 1.29 is 9.53 Å². The Hall–Kier alpha value is -1.13. The summed E-state index contributed by atoms with van der Waals surface area (Å²) in [5.74, 6) is 1.19. The number of hydrogen-bond acceptors (Lipinski definition) is 5. The standard InChI is InChI=1S/C19H25N3O2S.ClH/c20-13-19(5-7-24-8-6-19)18(23)21-17-12-22(10-15-2-1-9-25-15)11-16(17)14-3-4-14;/h1-2,9,14,16-17H,3-8,10-12H2,(H,21,23);1H/t16-,17+;/m1./s1. The van der Waals surface area contributed by atoms with Gasteiger partial charge in [0, 0.05) is 43.8 Å². The number of ether oxygens (including phenoxy) is 1. The molecule has 4 rings (SSSR count). The number of carbonyl (C=O) groups is 1. The molecule has 1 aromatic rings. The second kappa shape index (κ2) is 8.26. The summed E-state index contributed by atoms with van der Waals surface area (Å²) in [5, 5.41) is 15.0. The Morgan fingerprint density at radius 2 is 2.15 bits per heavy atom. The number of amides is 1. The van der Waals surface area contributed by atoms with Crippen molar-refractivity contribution in [2.75, 3.05) is 26.3 Å². The van der Waals surface area contributed by atoms with Crippen LogP contribution in [0.1, 0.15) is 30.6 Å². The van der Waals surface area contributed by atoms with Crippen molar-refractivity contribution in [1.82, 2.24) is 10.2 Å². The third kappa shape index (κ3) is 4.07. The number of thiophene rings is 1. The zero-order valence-electron chi connectivity index (χ0n) is 14.9. The fraction of sp³-hybridized carbons (Fsp3) is 0.684. The van der Waals surface area contributed by atoms with Crippen molar-refractivity contribution >= 4 is 29.7 Å². The van der Waals surface area contributed by atoms with E-state index in [1.54, 1.807) is 11.3 Å². The van der Waals surface area contributed by atoms with Gasteiger partial charge in [-0.1, -0.05) is 6.07 Å². The summed E-state index contributed by atoms with van der Waals surface area (Å²) in [7, 11) is 0. The van der Waals surface area contributed by atoms with Crippen LogP contribution in [0.5, 0.6) is 0 Å². The lowest BCUT2D eigenvalue weighted by Gasteiger charge is -2.31. The van der Waals surface area contributed by atoms with Crippen molar-refractivity contribution in [3.8, 4) is 6.07 Å².